The molecule has 3 unspecified atom stereocenters. The summed E-state index contributed by atoms with van der Waals surface area (Å²) in [7, 11) is 0. The van der Waals surface area contributed by atoms with E-state index in [1.54, 1.807) is 11.9 Å². The highest BCUT2D eigenvalue weighted by Gasteiger charge is 2.19. The van der Waals surface area contributed by atoms with Gasteiger partial charge in [0.1, 0.15) is 0 Å². The van der Waals surface area contributed by atoms with E-state index in [-0.39, 0.29) is 0 Å². The molecule has 1 aliphatic rings. The van der Waals surface area contributed by atoms with Crippen LogP contribution in [0.3, 0.4) is 0 Å². The largest absolute Gasteiger partial charge is 0.278 e. The Balaban J connectivity index is 2.46. The average Bonchev–Trinajstić information content (AvgIpc) is 2.27. The molecule has 0 aromatic heterocycles. The Hall–Kier alpha value is 0.310. The van der Waals surface area contributed by atoms with Crippen molar-refractivity contribution >= 4 is 11.9 Å². The molecule has 17 heavy (non-hydrogen) atoms. The van der Waals surface area contributed by atoms with E-state index in [9.17, 15) is 0 Å². The highest BCUT2D eigenvalue weighted by Crippen LogP contribution is 2.31. The van der Waals surface area contributed by atoms with E-state index < -0.39 is 0 Å². The van der Waals surface area contributed by atoms with E-state index in [4.69, 9.17) is 5.14 Å². The first-order valence-electron chi connectivity index (χ1n) is 7.45. The van der Waals surface area contributed by atoms with Crippen molar-refractivity contribution in [3.05, 3.63) is 0 Å². The van der Waals surface area contributed by atoms with Gasteiger partial charge in [0.05, 0.1) is 0 Å². The van der Waals surface area contributed by atoms with E-state index in [2.05, 4.69) is 20.8 Å². The maximum Gasteiger partial charge on any atom is 0.0105 e. The maximum absolute atomic E-state index is 5.66. The second-order valence-corrected chi connectivity index (χ2v) is 7.07. The molecule has 2 heteroatoms. The average molecular weight is 257 g/mol. The molecule has 0 aromatic rings. The quantitative estimate of drug-likeness (QED) is 0.731. The van der Waals surface area contributed by atoms with Gasteiger partial charge in [0, 0.05) is 5.75 Å². The summed E-state index contributed by atoms with van der Waals surface area (Å²) < 4.78 is 0. The molecule has 0 bridgehead atoms. The minimum atomic E-state index is 0.867. The first-order valence-corrected chi connectivity index (χ1v) is 8.50. The van der Waals surface area contributed by atoms with Crippen LogP contribution >= 0.6 is 11.9 Å². The topological polar surface area (TPSA) is 26.0 Å². The fourth-order valence-electron chi connectivity index (χ4n) is 3.30. The molecule has 0 radical (unpaired) electrons. The lowest BCUT2D eigenvalue weighted by Gasteiger charge is -2.26. The molecule has 1 saturated carbocycles. The second-order valence-electron chi connectivity index (χ2n) is 6.41. The SMILES string of the molecule is CC1CCCC(C(C)C)CCCC(CSN)C1. The van der Waals surface area contributed by atoms with Crippen LogP contribution in [0.5, 0.6) is 0 Å². The smallest absolute Gasteiger partial charge is 0.0105 e. The zero-order valence-electron chi connectivity index (χ0n) is 12.0. The molecule has 1 aliphatic carbocycles. The van der Waals surface area contributed by atoms with E-state index in [0.29, 0.717) is 0 Å². The number of hydrogen-bond acceptors (Lipinski definition) is 2. The minimum Gasteiger partial charge on any atom is -0.278 e. The summed E-state index contributed by atoms with van der Waals surface area (Å²) in [6.45, 7) is 7.22. The molecule has 0 amide bonds. The van der Waals surface area contributed by atoms with Crippen molar-refractivity contribution in [2.75, 3.05) is 5.75 Å². The van der Waals surface area contributed by atoms with Crippen molar-refractivity contribution in [1.82, 2.24) is 0 Å². The van der Waals surface area contributed by atoms with Crippen LogP contribution in [-0.4, -0.2) is 5.75 Å². The van der Waals surface area contributed by atoms with E-state index in [1.165, 1.54) is 44.9 Å². The van der Waals surface area contributed by atoms with Crippen molar-refractivity contribution in [3.63, 3.8) is 0 Å². The van der Waals surface area contributed by atoms with Gasteiger partial charge in [0.15, 0.2) is 0 Å². The van der Waals surface area contributed by atoms with Crippen LogP contribution in [0.2, 0.25) is 0 Å². The molecule has 1 nitrogen and oxygen atoms in total. The molecule has 0 aromatic carbocycles. The van der Waals surface area contributed by atoms with Gasteiger partial charge >= 0.3 is 0 Å². The van der Waals surface area contributed by atoms with Gasteiger partial charge in [0.2, 0.25) is 0 Å². The molecule has 0 spiro atoms. The Kier molecular flexibility index (Phi) is 7.61. The predicted octanol–water partition coefficient (Wildman–Crippen LogP) is 4.86. The highest BCUT2D eigenvalue weighted by atomic mass is 32.2. The Bertz CT molecular complexity index is 193. The van der Waals surface area contributed by atoms with Crippen molar-refractivity contribution in [2.24, 2.45) is 28.8 Å². The molecule has 0 saturated heterocycles. The zero-order chi connectivity index (χ0) is 12.7. The molecule has 0 aliphatic heterocycles. The van der Waals surface area contributed by atoms with Gasteiger partial charge in [-0.05, 0) is 36.5 Å². The standard InChI is InChI=1S/C15H31NS/c1-12(2)15-8-4-6-13(3)10-14(11-17-16)7-5-9-15/h12-15H,4-11,16H2,1-3H3. The van der Waals surface area contributed by atoms with Crippen LogP contribution in [0.1, 0.15) is 65.7 Å². The molecular formula is C15H31NS. The Morgan fingerprint density at radius 2 is 1.76 bits per heavy atom. The van der Waals surface area contributed by atoms with Crippen LogP contribution in [0.25, 0.3) is 0 Å². The van der Waals surface area contributed by atoms with Crippen molar-refractivity contribution in [3.8, 4) is 0 Å². The van der Waals surface area contributed by atoms with Gasteiger partial charge in [-0.1, -0.05) is 64.8 Å². The molecule has 102 valence electrons. The van der Waals surface area contributed by atoms with Gasteiger partial charge in [-0.3, -0.25) is 5.14 Å². The summed E-state index contributed by atoms with van der Waals surface area (Å²) in [6, 6.07) is 0. The van der Waals surface area contributed by atoms with Gasteiger partial charge in [-0.25, -0.2) is 0 Å². The van der Waals surface area contributed by atoms with Crippen LogP contribution in [-0.2, 0) is 0 Å². The predicted molar refractivity (Wildman–Crippen MR) is 79.9 cm³/mol. The van der Waals surface area contributed by atoms with Gasteiger partial charge in [0.25, 0.3) is 0 Å². The number of hydrogen-bond donors (Lipinski definition) is 1. The van der Waals surface area contributed by atoms with Crippen LogP contribution in [0.4, 0.5) is 0 Å². The Morgan fingerprint density at radius 1 is 1.12 bits per heavy atom. The third-order valence-electron chi connectivity index (χ3n) is 4.47. The molecule has 0 heterocycles. The maximum atomic E-state index is 5.66. The lowest BCUT2D eigenvalue weighted by Crippen LogP contribution is -2.16. The minimum absolute atomic E-state index is 0.867. The van der Waals surface area contributed by atoms with Crippen LogP contribution in [0.15, 0.2) is 0 Å². The summed E-state index contributed by atoms with van der Waals surface area (Å²) in [5.74, 6) is 4.76. The number of nitrogens with two attached hydrogens (primary N) is 1. The van der Waals surface area contributed by atoms with Crippen molar-refractivity contribution < 1.29 is 0 Å². The third kappa shape index (κ3) is 6.15. The number of rotatable bonds is 3. The summed E-state index contributed by atoms with van der Waals surface area (Å²) >= 11 is 1.55. The normalized spacial score (nSPS) is 32.6. The van der Waals surface area contributed by atoms with Crippen LogP contribution in [0, 0.1) is 23.7 Å². The lowest BCUT2D eigenvalue weighted by atomic mass is 9.81. The van der Waals surface area contributed by atoms with E-state index >= 15 is 0 Å². The van der Waals surface area contributed by atoms with Gasteiger partial charge in [-0.15, -0.1) is 0 Å². The highest BCUT2D eigenvalue weighted by molar-refractivity contribution is 7.97. The second kappa shape index (κ2) is 8.42. The van der Waals surface area contributed by atoms with Crippen molar-refractivity contribution in [1.29, 1.82) is 0 Å². The molecule has 1 rings (SSSR count). The fraction of sp³-hybridized carbons (Fsp3) is 1.00. The Labute approximate surface area is 112 Å². The Morgan fingerprint density at radius 3 is 2.35 bits per heavy atom. The summed E-state index contributed by atoms with van der Waals surface area (Å²) in [5.41, 5.74) is 0. The first-order chi connectivity index (χ1) is 8.13. The lowest BCUT2D eigenvalue weighted by molar-refractivity contribution is 0.268. The molecular weight excluding hydrogens is 226 g/mol. The van der Waals surface area contributed by atoms with E-state index in [1.807, 2.05) is 0 Å². The van der Waals surface area contributed by atoms with Gasteiger partial charge in [-0.2, -0.15) is 0 Å². The molecule has 1 fully saturated rings. The third-order valence-corrected chi connectivity index (χ3v) is 5.13. The van der Waals surface area contributed by atoms with E-state index in [0.717, 1.165) is 29.4 Å². The summed E-state index contributed by atoms with van der Waals surface area (Å²) in [5, 5.41) is 5.66. The molecule has 3 atom stereocenters. The van der Waals surface area contributed by atoms with Crippen molar-refractivity contribution in [2.45, 2.75) is 65.7 Å². The first kappa shape index (κ1) is 15.4. The zero-order valence-corrected chi connectivity index (χ0v) is 12.8. The van der Waals surface area contributed by atoms with Crippen LogP contribution < -0.4 is 5.14 Å². The summed E-state index contributed by atoms with van der Waals surface area (Å²) in [4.78, 5) is 0. The monoisotopic (exact) mass is 257 g/mol. The molecule has 2 N–H and O–H groups in total. The van der Waals surface area contributed by atoms with Gasteiger partial charge < -0.3 is 0 Å². The summed E-state index contributed by atoms with van der Waals surface area (Å²) in [6.07, 6.45) is 9.98. The fourth-order valence-corrected chi connectivity index (χ4v) is 3.88.